The first kappa shape index (κ1) is 20.4. The molecule has 1 N–H and O–H groups in total. The van der Waals surface area contributed by atoms with E-state index in [2.05, 4.69) is 0 Å². The molecule has 0 radical (unpaired) electrons. The van der Waals surface area contributed by atoms with E-state index in [9.17, 15) is 19.1 Å². The Morgan fingerprint density at radius 2 is 1.97 bits per heavy atom. The molecule has 7 heteroatoms. The van der Waals surface area contributed by atoms with Crippen molar-refractivity contribution in [3.63, 3.8) is 0 Å². The number of Topliss-reactive ketones (excluding diaryl/α,β-unsaturated/α-hetero) is 1. The maximum atomic E-state index is 14.1. The van der Waals surface area contributed by atoms with Gasteiger partial charge in [-0.2, -0.15) is 0 Å². The minimum Gasteiger partial charge on any atom is -0.507 e. The second-order valence-corrected chi connectivity index (χ2v) is 7.25. The van der Waals surface area contributed by atoms with Crippen LogP contribution >= 0.6 is 0 Å². The number of hydrogen-bond donors (Lipinski definition) is 1. The SMILES string of the molecule is COc1cccc(C2C(=C(O)c3ccc(C)c(F)c3)C(=O)C(=O)N2Cc2ccco2)c1. The van der Waals surface area contributed by atoms with E-state index in [4.69, 9.17) is 9.15 Å². The van der Waals surface area contributed by atoms with Crippen molar-refractivity contribution in [2.24, 2.45) is 0 Å². The molecule has 1 fully saturated rings. The highest BCUT2D eigenvalue weighted by molar-refractivity contribution is 6.46. The molecule has 3 aromatic rings. The molecule has 6 nitrogen and oxygen atoms in total. The maximum Gasteiger partial charge on any atom is 0.296 e. The van der Waals surface area contributed by atoms with Gasteiger partial charge in [0.2, 0.25) is 0 Å². The number of aryl methyl sites for hydroxylation is 1. The number of likely N-dealkylation sites (tertiary alicyclic amines) is 1. The highest BCUT2D eigenvalue weighted by Crippen LogP contribution is 2.41. The van der Waals surface area contributed by atoms with E-state index in [0.717, 1.165) is 6.07 Å². The summed E-state index contributed by atoms with van der Waals surface area (Å²) in [4.78, 5) is 27.2. The van der Waals surface area contributed by atoms with E-state index in [1.165, 1.54) is 30.4 Å². The molecule has 158 valence electrons. The lowest BCUT2D eigenvalue weighted by molar-refractivity contribution is -0.140. The van der Waals surface area contributed by atoms with Crippen molar-refractivity contribution in [1.29, 1.82) is 0 Å². The summed E-state index contributed by atoms with van der Waals surface area (Å²) in [5, 5.41) is 11.0. The van der Waals surface area contributed by atoms with Crippen molar-refractivity contribution in [2.45, 2.75) is 19.5 Å². The number of carbonyl (C=O) groups is 2. The van der Waals surface area contributed by atoms with Gasteiger partial charge in [-0.3, -0.25) is 9.59 Å². The second-order valence-electron chi connectivity index (χ2n) is 7.25. The molecule has 0 saturated carbocycles. The van der Waals surface area contributed by atoms with Crippen LogP contribution < -0.4 is 4.74 Å². The summed E-state index contributed by atoms with van der Waals surface area (Å²) in [6.45, 7) is 1.62. The summed E-state index contributed by atoms with van der Waals surface area (Å²) >= 11 is 0. The summed E-state index contributed by atoms with van der Waals surface area (Å²) in [7, 11) is 1.51. The lowest BCUT2D eigenvalue weighted by Gasteiger charge is -2.24. The van der Waals surface area contributed by atoms with Crippen LogP contribution in [0.25, 0.3) is 5.76 Å². The van der Waals surface area contributed by atoms with Gasteiger partial charge in [0.05, 0.1) is 31.5 Å². The standard InChI is InChI=1S/C24H20FNO5/c1-14-8-9-16(12-19(14)25)22(27)20-21(15-5-3-6-17(11-15)30-2)26(24(29)23(20)28)13-18-7-4-10-31-18/h3-12,21,27H,13H2,1-2H3. The fraction of sp³-hybridized carbons (Fsp3) is 0.167. The summed E-state index contributed by atoms with van der Waals surface area (Å²) < 4.78 is 24.8. The molecule has 1 aromatic heterocycles. The van der Waals surface area contributed by atoms with E-state index in [-0.39, 0.29) is 17.7 Å². The van der Waals surface area contributed by atoms with Crippen molar-refractivity contribution in [3.05, 3.63) is 94.7 Å². The van der Waals surface area contributed by atoms with Crippen LogP contribution in [-0.4, -0.2) is 28.8 Å². The third-order valence-electron chi connectivity index (χ3n) is 5.30. The van der Waals surface area contributed by atoms with Gasteiger partial charge in [-0.15, -0.1) is 0 Å². The van der Waals surface area contributed by atoms with Crippen molar-refractivity contribution >= 4 is 17.4 Å². The lowest BCUT2D eigenvalue weighted by Crippen LogP contribution is -2.29. The number of carbonyl (C=O) groups excluding carboxylic acids is 2. The maximum absolute atomic E-state index is 14.1. The van der Waals surface area contributed by atoms with Crippen LogP contribution in [0.1, 0.15) is 28.5 Å². The molecule has 1 unspecified atom stereocenters. The number of amides is 1. The van der Waals surface area contributed by atoms with Crippen LogP contribution in [0.15, 0.2) is 70.9 Å². The van der Waals surface area contributed by atoms with Crippen LogP contribution in [-0.2, 0) is 16.1 Å². The highest BCUT2D eigenvalue weighted by Gasteiger charge is 2.46. The molecule has 0 aliphatic carbocycles. The fourth-order valence-electron chi connectivity index (χ4n) is 3.67. The van der Waals surface area contributed by atoms with E-state index >= 15 is 0 Å². The number of halogens is 1. The van der Waals surface area contributed by atoms with Crippen molar-refractivity contribution < 1.29 is 28.2 Å². The number of hydrogen-bond acceptors (Lipinski definition) is 5. The van der Waals surface area contributed by atoms with Crippen molar-refractivity contribution in [1.82, 2.24) is 4.90 Å². The lowest BCUT2D eigenvalue weighted by atomic mass is 9.94. The Bertz CT molecular complexity index is 1180. The number of ketones is 1. The fourth-order valence-corrected chi connectivity index (χ4v) is 3.67. The Labute approximate surface area is 178 Å². The minimum absolute atomic E-state index is 0.0263. The highest BCUT2D eigenvalue weighted by atomic mass is 19.1. The average Bonchev–Trinajstić information content (AvgIpc) is 3.37. The van der Waals surface area contributed by atoms with Crippen molar-refractivity contribution in [3.8, 4) is 5.75 Å². The smallest absolute Gasteiger partial charge is 0.296 e. The molecule has 1 atom stereocenters. The average molecular weight is 421 g/mol. The normalized spacial score (nSPS) is 17.9. The molecule has 31 heavy (non-hydrogen) atoms. The van der Waals surface area contributed by atoms with Crippen LogP contribution in [0.5, 0.6) is 5.75 Å². The zero-order valence-electron chi connectivity index (χ0n) is 17.0. The second kappa shape index (κ2) is 8.10. The van der Waals surface area contributed by atoms with E-state index in [0.29, 0.717) is 22.6 Å². The first-order valence-electron chi connectivity index (χ1n) is 9.62. The summed E-state index contributed by atoms with van der Waals surface area (Å²) in [5.41, 5.74) is 0.971. The van der Waals surface area contributed by atoms with Crippen LogP contribution in [0.4, 0.5) is 4.39 Å². The summed E-state index contributed by atoms with van der Waals surface area (Å²) in [6.07, 6.45) is 1.47. The van der Waals surface area contributed by atoms with Gasteiger partial charge < -0.3 is 19.2 Å². The molecule has 0 bridgehead atoms. The topological polar surface area (TPSA) is 80.0 Å². The molecule has 1 aliphatic rings. The first-order chi connectivity index (χ1) is 14.9. The zero-order chi connectivity index (χ0) is 22.1. The molecule has 4 rings (SSSR count). The zero-order valence-corrected chi connectivity index (χ0v) is 17.0. The predicted octanol–water partition coefficient (Wildman–Crippen LogP) is 4.36. The number of rotatable bonds is 5. The Hall–Kier alpha value is -3.87. The summed E-state index contributed by atoms with van der Waals surface area (Å²) in [5.74, 6) is -1.58. The third kappa shape index (κ3) is 3.70. The number of aliphatic hydroxyl groups is 1. The Morgan fingerprint density at radius 1 is 1.16 bits per heavy atom. The predicted molar refractivity (Wildman–Crippen MR) is 111 cm³/mol. The number of furan rings is 1. The number of aliphatic hydroxyl groups excluding tert-OH is 1. The number of ether oxygens (including phenoxy) is 1. The minimum atomic E-state index is -0.899. The van der Waals surface area contributed by atoms with Gasteiger partial charge in [0.15, 0.2) is 0 Å². The molecule has 2 aromatic carbocycles. The molecule has 0 spiro atoms. The number of benzene rings is 2. The van der Waals surface area contributed by atoms with Crippen LogP contribution in [0, 0.1) is 12.7 Å². The quantitative estimate of drug-likeness (QED) is 0.376. The third-order valence-corrected chi connectivity index (χ3v) is 5.30. The largest absolute Gasteiger partial charge is 0.507 e. The van der Waals surface area contributed by atoms with Crippen LogP contribution in [0.2, 0.25) is 0 Å². The Kier molecular flexibility index (Phi) is 5.33. The molecule has 2 heterocycles. The van der Waals surface area contributed by atoms with E-state index in [1.807, 2.05) is 0 Å². The number of methoxy groups -OCH3 is 1. The van der Waals surface area contributed by atoms with Gasteiger partial charge >= 0.3 is 0 Å². The molecule has 1 saturated heterocycles. The van der Waals surface area contributed by atoms with Gasteiger partial charge in [0.1, 0.15) is 23.1 Å². The van der Waals surface area contributed by atoms with E-state index < -0.39 is 29.3 Å². The molecule has 1 amide bonds. The monoisotopic (exact) mass is 421 g/mol. The number of nitrogens with zero attached hydrogens (tertiary/aromatic N) is 1. The molecule has 1 aliphatic heterocycles. The first-order valence-corrected chi connectivity index (χ1v) is 9.62. The molecular weight excluding hydrogens is 401 g/mol. The Morgan fingerprint density at radius 3 is 2.65 bits per heavy atom. The van der Waals surface area contributed by atoms with Gasteiger partial charge in [-0.1, -0.05) is 24.3 Å². The van der Waals surface area contributed by atoms with Gasteiger partial charge in [0.25, 0.3) is 11.7 Å². The molecular formula is C24H20FNO5. The van der Waals surface area contributed by atoms with Gasteiger partial charge in [-0.25, -0.2) is 4.39 Å². The summed E-state index contributed by atoms with van der Waals surface area (Å²) in [6, 6.07) is 13.5. The van der Waals surface area contributed by atoms with Crippen LogP contribution in [0.3, 0.4) is 0 Å². The van der Waals surface area contributed by atoms with Gasteiger partial charge in [-0.05, 0) is 48.4 Å². The van der Waals surface area contributed by atoms with Crippen molar-refractivity contribution in [2.75, 3.05) is 7.11 Å². The van der Waals surface area contributed by atoms with E-state index in [1.54, 1.807) is 43.3 Å². The van der Waals surface area contributed by atoms with Gasteiger partial charge in [0, 0.05) is 5.56 Å². The Balaban J connectivity index is 1.89.